The summed E-state index contributed by atoms with van der Waals surface area (Å²) >= 11 is 9.95. The van der Waals surface area contributed by atoms with Gasteiger partial charge in [0.15, 0.2) is 0 Å². The standard InChI is InChI=1S/C11H18ClNOS/c12-6-10(14)13-4-3-11(8-13)2-1-9(5-11)7-15/h9,15H,1-8H2/t9-,11-/m0/s1. The summed E-state index contributed by atoms with van der Waals surface area (Å²) in [6.45, 7) is 1.84. The minimum atomic E-state index is 0.0999. The molecule has 0 radical (unpaired) electrons. The summed E-state index contributed by atoms with van der Waals surface area (Å²) in [5.74, 6) is 1.99. The van der Waals surface area contributed by atoms with Crippen LogP contribution in [0.2, 0.25) is 0 Å². The molecule has 0 aromatic heterocycles. The van der Waals surface area contributed by atoms with E-state index >= 15 is 0 Å². The number of hydrogen-bond acceptors (Lipinski definition) is 2. The molecule has 15 heavy (non-hydrogen) atoms. The minimum absolute atomic E-state index is 0.0999. The summed E-state index contributed by atoms with van der Waals surface area (Å²) in [4.78, 5) is 13.4. The monoisotopic (exact) mass is 247 g/mol. The van der Waals surface area contributed by atoms with E-state index in [1.54, 1.807) is 0 Å². The quantitative estimate of drug-likeness (QED) is 0.586. The van der Waals surface area contributed by atoms with Crippen LogP contribution < -0.4 is 0 Å². The van der Waals surface area contributed by atoms with Gasteiger partial charge in [-0.2, -0.15) is 12.6 Å². The molecule has 86 valence electrons. The summed E-state index contributed by atoms with van der Waals surface area (Å²) in [7, 11) is 0. The van der Waals surface area contributed by atoms with Crippen LogP contribution in [0.15, 0.2) is 0 Å². The molecule has 0 N–H and O–H groups in total. The second-order valence-corrected chi connectivity index (χ2v) is 5.62. The number of amides is 1. The molecule has 0 bridgehead atoms. The number of likely N-dealkylation sites (tertiary alicyclic amines) is 1. The van der Waals surface area contributed by atoms with Gasteiger partial charge < -0.3 is 4.90 Å². The SMILES string of the molecule is O=C(CCl)N1CC[C@]2(CC[C@H](CS)C2)C1. The Kier molecular flexibility index (Phi) is 3.51. The zero-order valence-electron chi connectivity index (χ0n) is 8.91. The van der Waals surface area contributed by atoms with Gasteiger partial charge in [-0.3, -0.25) is 4.79 Å². The second kappa shape index (κ2) is 4.54. The number of carbonyl (C=O) groups excluding carboxylic acids is 1. The van der Waals surface area contributed by atoms with Crippen molar-refractivity contribution in [2.75, 3.05) is 24.7 Å². The van der Waals surface area contributed by atoms with Gasteiger partial charge in [0.1, 0.15) is 5.88 Å². The maximum absolute atomic E-state index is 11.5. The van der Waals surface area contributed by atoms with Gasteiger partial charge in [-0.15, -0.1) is 11.6 Å². The van der Waals surface area contributed by atoms with E-state index in [0.717, 1.165) is 24.8 Å². The first-order valence-electron chi connectivity index (χ1n) is 5.64. The summed E-state index contributed by atoms with van der Waals surface area (Å²) in [5, 5.41) is 0. The lowest BCUT2D eigenvalue weighted by Gasteiger charge is -2.23. The third-order valence-corrected chi connectivity index (χ3v) is 4.71. The highest BCUT2D eigenvalue weighted by Crippen LogP contribution is 2.48. The van der Waals surface area contributed by atoms with Crippen LogP contribution in [-0.2, 0) is 4.79 Å². The maximum atomic E-state index is 11.5. The Morgan fingerprint density at radius 2 is 2.33 bits per heavy atom. The molecule has 2 nitrogen and oxygen atoms in total. The van der Waals surface area contributed by atoms with Crippen molar-refractivity contribution >= 4 is 30.1 Å². The van der Waals surface area contributed by atoms with Crippen LogP contribution in [0.5, 0.6) is 0 Å². The van der Waals surface area contributed by atoms with E-state index in [-0.39, 0.29) is 11.8 Å². The van der Waals surface area contributed by atoms with E-state index < -0.39 is 0 Å². The lowest BCUT2D eigenvalue weighted by atomic mass is 9.85. The van der Waals surface area contributed by atoms with Crippen LogP contribution in [0.4, 0.5) is 0 Å². The largest absolute Gasteiger partial charge is 0.341 e. The summed E-state index contributed by atoms with van der Waals surface area (Å²) < 4.78 is 0. The molecule has 1 saturated heterocycles. The van der Waals surface area contributed by atoms with Gasteiger partial charge >= 0.3 is 0 Å². The average Bonchev–Trinajstić information content (AvgIpc) is 2.86. The molecular weight excluding hydrogens is 230 g/mol. The summed E-state index contributed by atoms with van der Waals surface area (Å²) in [6, 6.07) is 0. The van der Waals surface area contributed by atoms with Gasteiger partial charge in [0.2, 0.25) is 5.91 Å². The number of rotatable bonds is 2. The Morgan fingerprint density at radius 3 is 2.93 bits per heavy atom. The van der Waals surface area contributed by atoms with E-state index in [9.17, 15) is 4.79 Å². The topological polar surface area (TPSA) is 20.3 Å². The van der Waals surface area contributed by atoms with Crippen LogP contribution >= 0.6 is 24.2 Å². The molecule has 0 aromatic rings. The number of hydrogen-bond donors (Lipinski definition) is 1. The number of alkyl halides is 1. The predicted octanol–water partition coefficient (Wildman–Crippen LogP) is 2.17. The summed E-state index contributed by atoms with van der Waals surface area (Å²) in [6.07, 6.45) is 4.97. The van der Waals surface area contributed by atoms with E-state index in [1.807, 2.05) is 4.90 Å². The first-order chi connectivity index (χ1) is 7.19. The molecule has 2 atom stereocenters. The van der Waals surface area contributed by atoms with Crippen molar-refractivity contribution in [2.45, 2.75) is 25.7 Å². The lowest BCUT2D eigenvalue weighted by Crippen LogP contribution is -2.32. The van der Waals surface area contributed by atoms with E-state index in [1.165, 1.54) is 25.7 Å². The number of thiol groups is 1. The Balaban J connectivity index is 1.94. The van der Waals surface area contributed by atoms with Gasteiger partial charge in [-0.25, -0.2) is 0 Å². The van der Waals surface area contributed by atoms with Crippen LogP contribution in [0.25, 0.3) is 0 Å². The fourth-order valence-corrected chi connectivity index (χ4v) is 3.57. The van der Waals surface area contributed by atoms with Gasteiger partial charge in [-0.1, -0.05) is 0 Å². The number of carbonyl (C=O) groups is 1. The van der Waals surface area contributed by atoms with Crippen LogP contribution in [0.3, 0.4) is 0 Å². The molecular formula is C11H18ClNOS. The van der Waals surface area contributed by atoms with Crippen molar-refractivity contribution in [3.05, 3.63) is 0 Å². The Hall–Kier alpha value is 0.110. The normalized spacial score (nSPS) is 35.3. The van der Waals surface area contributed by atoms with Crippen molar-refractivity contribution in [3.8, 4) is 0 Å². The minimum Gasteiger partial charge on any atom is -0.341 e. The molecule has 2 aliphatic rings. The van der Waals surface area contributed by atoms with E-state index in [2.05, 4.69) is 12.6 Å². The first-order valence-corrected chi connectivity index (χ1v) is 6.80. The van der Waals surface area contributed by atoms with Gasteiger partial charge in [0.25, 0.3) is 0 Å². The lowest BCUT2D eigenvalue weighted by molar-refractivity contribution is -0.127. The van der Waals surface area contributed by atoms with Crippen molar-refractivity contribution in [3.63, 3.8) is 0 Å². The van der Waals surface area contributed by atoms with E-state index in [4.69, 9.17) is 11.6 Å². The van der Waals surface area contributed by atoms with Crippen molar-refractivity contribution in [1.29, 1.82) is 0 Å². The Bertz CT molecular complexity index is 261. The molecule has 2 fully saturated rings. The van der Waals surface area contributed by atoms with Crippen molar-refractivity contribution < 1.29 is 4.79 Å². The molecule has 1 spiro atoms. The number of nitrogens with zero attached hydrogens (tertiary/aromatic N) is 1. The third kappa shape index (κ3) is 2.28. The van der Waals surface area contributed by atoms with Crippen molar-refractivity contribution in [1.82, 2.24) is 4.90 Å². The smallest absolute Gasteiger partial charge is 0.237 e. The fourth-order valence-electron chi connectivity index (χ4n) is 3.09. The van der Waals surface area contributed by atoms with Crippen molar-refractivity contribution in [2.24, 2.45) is 11.3 Å². The van der Waals surface area contributed by atoms with Crippen LogP contribution in [0.1, 0.15) is 25.7 Å². The molecule has 2 rings (SSSR count). The maximum Gasteiger partial charge on any atom is 0.237 e. The molecule has 1 aliphatic heterocycles. The first kappa shape index (κ1) is 11.6. The molecule has 0 aromatic carbocycles. The highest BCUT2D eigenvalue weighted by molar-refractivity contribution is 7.80. The Morgan fingerprint density at radius 1 is 1.53 bits per heavy atom. The molecule has 4 heteroatoms. The Labute approximate surface area is 102 Å². The highest BCUT2D eigenvalue weighted by Gasteiger charge is 2.44. The molecule has 1 saturated carbocycles. The molecule has 1 aliphatic carbocycles. The third-order valence-electron chi connectivity index (χ3n) is 3.97. The van der Waals surface area contributed by atoms with Gasteiger partial charge in [0, 0.05) is 13.1 Å². The predicted molar refractivity (Wildman–Crippen MR) is 65.5 cm³/mol. The van der Waals surface area contributed by atoms with Gasteiger partial charge in [0.05, 0.1) is 0 Å². The number of halogens is 1. The molecule has 1 amide bonds. The average molecular weight is 248 g/mol. The second-order valence-electron chi connectivity index (χ2n) is 4.99. The van der Waals surface area contributed by atoms with E-state index in [0.29, 0.717) is 5.41 Å². The summed E-state index contributed by atoms with van der Waals surface area (Å²) in [5.41, 5.74) is 0.412. The fraction of sp³-hybridized carbons (Fsp3) is 0.909. The van der Waals surface area contributed by atoms with Crippen LogP contribution in [-0.4, -0.2) is 35.5 Å². The zero-order valence-corrected chi connectivity index (χ0v) is 10.6. The molecule has 1 heterocycles. The molecule has 0 unspecified atom stereocenters. The zero-order chi connectivity index (χ0) is 10.9. The van der Waals surface area contributed by atoms with Crippen LogP contribution in [0, 0.1) is 11.3 Å². The highest BCUT2D eigenvalue weighted by atomic mass is 35.5. The van der Waals surface area contributed by atoms with Gasteiger partial charge in [-0.05, 0) is 42.8 Å².